The first-order valence-corrected chi connectivity index (χ1v) is 12.7. The maximum Gasteiger partial charge on any atom is 0.339 e. The molecule has 0 fully saturated rings. The number of thioether (sulfide) groups is 1. The number of hydrazone groups is 1. The van der Waals surface area contributed by atoms with Gasteiger partial charge in [0.1, 0.15) is 9.94 Å². The number of amides is 1. The number of aliphatic imine (C=N–C) groups is 1. The Morgan fingerprint density at radius 1 is 1.12 bits per heavy atom. The van der Waals surface area contributed by atoms with E-state index in [0.717, 1.165) is 10.6 Å². The lowest BCUT2D eigenvalue weighted by Gasteiger charge is -2.20. The highest BCUT2D eigenvalue weighted by Gasteiger charge is 2.35. The van der Waals surface area contributed by atoms with Crippen molar-refractivity contribution in [3.63, 3.8) is 0 Å². The molecular weight excluding hydrogens is 476 g/mol. The number of rotatable bonds is 7. The number of ether oxygens (including phenoxy) is 1. The Morgan fingerprint density at radius 3 is 2.53 bits per heavy atom. The number of hydrogen-bond donors (Lipinski definition) is 1. The van der Waals surface area contributed by atoms with Crippen LogP contribution in [0.2, 0.25) is 0 Å². The van der Waals surface area contributed by atoms with Gasteiger partial charge in [0.05, 0.1) is 12.2 Å². The molecular formula is C23H22N4O5S2. The van der Waals surface area contributed by atoms with E-state index in [4.69, 9.17) is 14.3 Å². The molecule has 2 aliphatic rings. The first kappa shape index (κ1) is 23.7. The third kappa shape index (κ3) is 4.75. The van der Waals surface area contributed by atoms with Crippen molar-refractivity contribution in [3.8, 4) is 11.5 Å². The molecule has 176 valence electrons. The molecule has 0 bridgehead atoms. The van der Waals surface area contributed by atoms with E-state index in [1.165, 1.54) is 41.0 Å². The molecule has 0 atom stereocenters. The molecule has 0 unspecified atom stereocenters. The Labute approximate surface area is 201 Å². The van der Waals surface area contributed by atoms with Crippen molar-refractivity contribution in [1.82, 2.24) is 5.01 Å². The SMILES string of the molecule is CCOc1cc(/C=C2/C(=N)N3N=C(CC)SC3=NC2=O)ccc1OS(=O)(=O)c1ccc(C)cc1. The van der Waals surface area contributed by atoms with E-state index in [1.54, 1.807) is 31.2 Å². The standard InChI is InChI=1S/C23H22N4O5S2/c1-4-20-26-27-21(24)17(22(28)25-23(27)33-20)12-15-8-11-18(19(13-15)31-5-2)32-34(29,30)16-9-6-14(3)7-10-16/h6-13,24H,4-5H2,1-3H3/b17-12-,24-21?. The summed E-state index contributed by atoms with van der Waals surface area (Å²) in [4.78, 5) is 16.6. The summed E-state index contributed by atoms with van der Waals surface area (Å²) < 4.78 is 36.4. The number of benzene rings is 2. The molecule has 0 saturated heterocycles. The van der Waals surface area contributed by atoms with Gasteiger partial charge in [-0.05, 0) is 67.9 Å². The second kappa shape index (κ2) is 9.43. The fourth-order valence-electron chi connectivity index (χ4n) is 3.16. The molecule has 0 aromatic heterocycles. The van der Waals surface area contributed by atoms with Gasteiger partial charge in [0.25, 0.3) is 5.91 Å². The molecule has 34 heavy (non-hydrogen) atoms. The van der Waals surface area contributed by atoms with Gasteiger partial charge in [-0.15, -0.1) is 0 Å². The maximum absolute atomic E-state index is 12.7. The van der Waals surface area contributed by atoms with Gasteiger partial charge in [-0.3, -0.25) is 10.2 Å². The zero-order valence-corrected chi connectivity index (χ0v) is 20.4. The molecule has 0 spiro atoms. The van der Waals surface area contributed by atoms with Gasteiger partial charge in [0.2, 0.25) is 5.17 Å². The monoisotopic (exact) mass is 498 g/mol. The van der Waals surface area contributed by atoms with Crippen LogP contribution in [-0.2, 0) is 14.9 Å². The van der Waals surface area contributed by atoms with Gasteiger partial charge >= 0.3 is 10.1 Å². The van der Waals surface area contributed by atoms with Crippen LogP contribution in [0.4, 0.5) is 0 Å². The van der Waals surface area contributed by atoms with E-state index in [2.05, 4.69) is 10.1 Å². The number of amidine groups is 2. The summed E-state index contributed by atoms with van der Waals surface area (Å²) >= 11 is 1.27. The highest BCUT2D eigenvalue weighted by Crippen LogP contribution is 2.33. The van der Waals surface area contributed by atoms with Crippen LogP contribution in [0.1, 0.15) is 31.4 Å². The van der Waals surface area contributed by atoms with Crippen LogP contribution in [-0.4, -0.2) is 42.0 Å². The van der Waals surface area contributed by atoms with Gasteiger partial charge in [-0.2, -0.15) is 23.5 Å². The van der Waals surface area contributed by atoms with Crippen LogP contribution in [0.5, 0.6) is 11.5 Å². The second-order valence-corrected chi connectivity index (χ2v) is 9.94. The van der Waals surface area contributed by atoms with Crippen molar-refractivity contribution in [2.75, 3.05) is 6.61 Å². The first-order chi connectivity index (χ1) is 16.2. The fourth-order valence-corrected chi connectivity index (χ4v) is 4.93. The van der Waals surface area contributed by atoms with Crippen LogP contribution < -0.4 is 8.92 Å². The lowest BCUT2D eigenvalue weighted by atomic mass is 10.1. The number of aryl methyl sites for hydroxylation is 1. The summed E-state index contributed by atoms with van der Waals surface area (Å²) in [6, 6.07) is 10.9. The Bertz CT molecular complexity index is 1360. The molecule has 2 aliphatic heterocycles. The number of nitrogens with one attached hydrogen (secondary N) is 1. The van der Waals surface area contributed by atoms with E-state index >= 15 is 0 Å². The molecule has 0 radical (unpaired) electrons. The van der Waals surface area contributed by atoms with Crippen LogP contribution >= 0.6 is 11.8 Å². The smallest absolute Gasteiger partial charge is 0.339 e. The predicted octanol–water partition coefficient (Wildman–Crippen LogP) is 4.19. The summed E-state index contributed by atoms with van der Waals surface area (Å²) in [5.74, 6) is -0.416. The summed E-state index contributed by atoms with van der Waals surface area (Å²) in [5.41, 5.74) is 1.51. The van der Waals surface area contributed by atoms with Crippen molar-refractivity contribution >= 4 is 49.9 Å². The molecule has 1 N–H and O–H groups in total. The van der Waals surface area contributed by atoms with E-state index in [-0.39, 0.29) is 34.4 Å². The Kier molecular flexibility index (Phi) is 6.58. The molecule has 9 nitrogen and oxygen atoms in total. The number of carbonyl (C=O) groups is 1. The summed E-state index contributed by atoms with van der Waals surface area (Å²) in [7, 11) is -4.07. The Balaban J connectivity index is 1.65. The van der Waals surface area contributed by atoms with E-state index in [0.29, 0.717) is 17.2 Å². The average Bonchev–Trinajstić information content (AvgIpc) is 3.22. The molecule has 2 heterocycles. The summed E-state index contributed by atoms with van der Waals surface area (Å²) in [6.07, 6.45) is 2.17. The third-order valence-electron chi connectivity index (χ3n) is 4.89. The zero-order chi connectivity index (χ0) is 24.5. The van der Waals surface area contributed by atoms with Crippen molar-refractivity contribution in [2.24, 2.45) is 10.1 Å². The van der Waals surface area contributed by atoms with Crippen molar-refractivity contribution < 1.29 is 22.1 Å². The lowest BCUT2D eigenvalue weighted by Crippen LogP contribution is -2.35. The highest BCUT2D eigenvalue weighted by molar-refractivity contribution is 8.26. The molecule has 0 aliphatic carbocycles. The normalized spacial score (nSPS) is 16.9. The highest BCUT2D eigenvalue weighted by atomic mass is 32.2. The quantitative estimate of drug-likeness (QED) is 0.449. The number of nitrogens with zero attached hydrogens (tertiary/aromatic N) is 3. The van der Waals surface area contributed by atoms with Crippen LogP contribution in [0, 0.1) is 12.3 Å². The topological polar surface area (TPSA) is 121 Å². The lowest BCUT2D eigenvalue weighted by molar-refractivity contribution is -0.114. The van der Waals surface area contributed by atoms with Crippen LogP contribution in [0.15, 0.2) is 63.0 Å². The van der Waals surface area contributed by atoms with Crippen LogP contribution in [0.3, 0.4) is 0 Å². The van der Waals surface area contributed by atoms with E-state index in [9.17, 15) is 13.2 Å². The van der Waals surface area contributed by atoms with Crippen molar-refractivity contribution in [1.29, 1.82) is 5.41 Å². The van der Waals surface area contributed by atoms with Gasteiger partial charge in [-0.1, -0.05) is 30.7 Å². The number of carbonyl (C=O) groups excluding carboxylic acids is 1. The Hall–Kier alpha value is -3.44. The van der Waals surface area contributed by atoms with Crippen molar-refractivity contribution in [2.45, 2.75) is 32.1 Å². The molecule has 2 aromatic rings. The van der Waals surface area contributed by atoms with Gasteiger partial charge in [-0.25, -0.2) is 0 Å². The van der Waals surface area contributed by atoms with E-state index in [1.807, 2.05) is 13.8 Å². The summed E-state index contributed by atoms with van der Waals surface area (Å²) in [6.45, 7) is 5.82. The molecule has 4 rings (SSSR count). The summed E-state index contributed by atoms with van der Waals surface area (Å²) in [5, 5.41) is 15.2. The van der Waals surface area contributed by atoms with Gasteiger partial charge < -0.3 is 8.92 Å². The molecule has 11 heteroatoms. The number of fused-ring (bicyclic) bond motifs is 1. The number of hydrogen-bond acceptors (Lipinski definition) is 8. The maximum atomic E-state index is 12.7. The van der Waals surface area contributed by atoms with Crippen molar-refractivity contribution in [3.05, 3.63) is 59.2 Å². The second-order valence-electron chi connectivity index (χ2n) is 7.36. The molecule has 0 saturated carbocycles. The minimum absolute atomic E-state index is 0.0167. The minimum atomic E-state index is -4.07. The Morgan fingerprint density at radius 2 is 1.85 bits per heavy atom. The zero-order valence-electron chi connectivity index (χ0n) is 18.7. The minimum Gasteiger partial charge on any atom is -0.490 e. The largest absolute Gasteiger partial charge is 0.490 e. The van der Waals surface area contributed by atoms with Crippen LogP contribution in [0.25, 0.3) is 6.08 Å². The van der Waals surface area contributed by atoms with Gasteiger partial charge in [0, 0.05) is 0 Å². The third-order valence-corrected chi connectivity index (χ3v) is 7.19. The first-order valence-electron chi connectivity index (χ1n) is 10.5. The fraction of sp³-hybridized carbons (Fsp3) is 0.217. The molecule has 2 aromatic carbocycles. The predicted molar refractivity (Wildman–Crippen MR) is 132 cm³/mol. The van der Waals surface area contributed by atoms with Gasteiger partial charge in [0.15, 0.2) is 17.3 Å². The molecule has 1 amide bonds. The van der Waals surface area contributed by atoms with E-state index < -0.39 is 16.0 Å². The average molecular weight is 499 g/mol.